The Bertz CT molecular complexity index is 376. The number of nitrogens with zero attached hydrogens (tertiary/aromatic N) is 1. The topological polar surface area (TPSA) is 69.6 Å². The minimum absolute atomic E-state index is 0.00167. The van der Waals surface area contributed by atoms with E-state index in [2.05, 4.69) is 5.32 Å². The fraction of sp³-hybridized carbons (Fsp3) is 0.833. The molecule has 0 aromatic carbocycles. The quantitative estimate of drug-likeness (QED) is 0.758. The average Bonchev–Trinajstić information content (AvgIpc) is 3.03. The number of rotatable bonds is 2. The lowest BCUT2D eigenvalue weighted by Crippen LogP contribution is -2.50. The van der Waals surface area contributed by atoms with Crippen LogP contribution < -0.4 is 5.32 Å². The van der Waals surface area contributed by atoms with E-state index in [0.29, 0.717) is 23.5 Å². The van der Waals surface area contributed by atoms with Gasteiger partial charge in [-0.3, -0.25) is 4.79 Å². The van der Waals surface area contributed by atoms with Crippen LogP contribution in [0.15, 0.2) is 0 Å². The van der Waals surface area contributed by atoms with Crippen molar-refractivity contribution in [3.63, 3.8) is 0 Å². The van der Waals surface area contributed by atoms with Crippen LogP contribution in [0.3, 0.4) is 0 Å². The Kier molecular flexibility index (Phi) is 3.23. The molecule has 0 aromatic heterocycles. The zero-order valence-corrected chi connectivity index (χ0v) is 11.0. The predicted octanol–water partition coefficient (Wildman–Crippen LogP) is 0.361. The molecule has 2 heterocycles. The maximum atomic E-state index is 12.5. The van der Waals surface area contributed by atoms with Crippen LogP contribution in [0.2, 0.25) is 0 Å². The van der Waals surface area contributed by atoms with Crippen LogP contribution in [0.5, 0.6) is 0 Å². The SMILES string of the molecule is O=C(O)C1CSCN1C(=O)C1NCC2CCCC21. The highest BCUT2D eigenvalue weighted by atomic mass is 32.2. The van der Waals surface area contributed by atoms with Crippen LogP contribution in [0.1, 0.15) is 19.3 Å². The molecule has 3 aliphatic rings. The first-order chi connectivity index (χ1) is 8.68. The molecule has 1 amide bonds. The van der Waals surface area contributed by atoms with Gasteiger partial charge in [-0.05, 0) is 31.2 Å². The van der Waals surface area contributed by atoms with Crippen LogP contribution in [-0.4, -0.2) is 52.1 Å². The van der Waals surface area contributed by atoms with E-state index in [9.17, 15) is 9.59 Å². The maximum absolute atomic E-state index is 12.5. The van der Waals surface area contributed by atoms with Gasteiger partial charge in [-0.15, -0.1) is 11.8 Å². The molecule has 3 rings (SSSR count). The predicted molar refractivity (Wildman–Crippen MR) is 68.2 cm³/mol. The van der Waals surface area contributed by atoms with E-state index in [0.717, 1.165) is 13.0 Å². The molecular formula is C12H18N2O3S. The van der Waals surface area contributed by atoms with Gasteiger partial charge in [0.15, 0.2) is 0 Å². The number of carbonyl (C=O) groups is 2. The van der Waals surface area contributed by atoms with Crippen molar-refractivity contribution < 1.29 is 14.7 Å². The van der Waals surface area contributed by atoms with Crippen LogP contribution >= 0.6 is 11.8 Å². The number of thioether (sulfide) groups is 1. The monoisotopic (exact) mass is 270 g/mol. The lowest BCUT2D eigenvalue weighted by atomic mass is 9.93. The lowest BCUT2D eigenvalue weighted by molar-refractivity contribution is -0.148. The number of carboxylic acid groups (broad SMARTS) is 1. The van der Waals surface area contributed by atoms with Crippen molar-refractivity contribution in [3.05, 3.63) is 0 Å². The van der Waals surface area contributed by atoms with Gasteiger partial charge in [0.05, 0.1) is 11.9 Å². The Labute approximate surface area is 110 Å². The highest BCUT2D eigenvalue weighted by Gasteiger charge is 2.46. The third-order valence-corrected chi connectivity index (χ3v) is 5.47. The van der Waals surface area contributed by atoms with E-state index in [4.69, 9.17) is 5.11 Å². The van der Waals surface area contributed by atoms with E-state index in [1.54, 1.807) is 4.90 Å². The van der Waals surface area contributed by atoms with Crippen molar-refractivity contribution in [1.82, 2.24) is 10.2 Å². The molecular weight excluding hydrogens is 252 g/mol. The largest absolute Gasteiger partial charge is 0.480 e. The number of carboxylic acids is 1. The lowest BCUT2D eigenvalue weighted by Gasteiger charge is -2.26. The summed E-state index contributed by atoms with van der Waals surface area (Å²) in [5.41, 5.74) is 0. The van der Waals surface area contributed by atoms with Gasteiger partial charge in [-0.1, -0.05) is 6.42 Å². The molecule has 2 aliphatic heterocycles. The normalized spacial score (nSPS) is 39.0. The molecule has 0 aromatic rings. The van der Waals surface area contributed by atoms with E-state index in [1.165, 1.54) is 24.6 Å². The zero-order valence-electron chi connectivity index (χ0n) is 10.2. The zero-order chi connectivity index (χ0) is 12.7. The van der Waals surface area contributed by atoms with Crippen molar-refractivity contribution in [1.29, 1.82) is 0 Å². The van der Waals surface area contributed by atoms with Crippen molar-refractivity contribution in [2.24, 2.45) is 11.8 Å². The number of fused-ring (bicyclic) bond motifs is 1. The van der Waals surface area contributed by atoms with Crippen LogP contribution in [-0.2, 0) is 9.59 Å². The summed E-state index contributed by atoms with van der Waals surface area (Å²) >= 11 is 1.53. The van der Waals surface area contributed by atoms with E-state index in [-0.39, 0.29) is 11.9 Å². The number of amides is 1. The molecule has 5 nitrogen and oxygen atoms in total. The molecule has 0 spiro atoms. The summed E-state index contributed by atoms with van der Waals surface area (Å²) < 4.78 is 0. The summed E-state index contributed by atoms with van der Waals surface area (Å²) in [6.45, 7) is 0.916. The highest BCUT2D eigenvalue weighted by Crippen LogP contribution is 2.39. The molecule has 18 heavy (non-hydrogen) atoms. The Morgan fingerprint density at radius 3 is 2.94 bits per heavy atom. The third-order valence-electron chi connectivity index (χ3n) is 4.46. The second-order valence-corrected chi connectivity index (χ2v) is 6.40. The Balaban J connectivity index is 1.72. The molecule has 1 aliphatic carbocycles. The van der Waals surface area contributed by atoms with Crippen molar-refractivity contribution >= 4 is 23.6 Å². The Morgan fingerprint density at radius 2 is 2.17 bits per heavy atom. The molecule has 6 heteroatoms. The maximum Gasteiger partial charge on any atom is 0.327 e. The van der Waals surface area contributed by atoms with Crippen LogP contribution in [0.4, 0.5) is 0 Å². The number of hydrogen-bond donors (Lipinski definition) is 2. The number of hydrogen-bond acceptors (Lipinski definition) is 4. The molecule has 2 saturated heterocycles. The van der Waals surface area contributed by atoms with Gasteiger partial charge in [0.2, 0.25) is 5.91 Å². The number of nitrogens with one attached hydrogen (secondary N) is 1. The van der Waals surface area contributed by atoms with Gasteiger partial charge in [0.25, 0.3) is 0 Å². The summed E-state index contributed by atoms with van der Waals surface area (Å²) in [6, 6.07) is -0.775. The van der Waals surface area contributed by atoms with Gasteiger partial charge < -0.3 is 15.3 Å². The first-order valence-corrected chi connectivity index (χ1v) is 7.68. The summed E-state index contributed by atoms with van der Waals surface area (Å²) in [4.78, 5) is 25.2. The van der Waals surface area contributed by atoms with Crippen LogP contribution in [0.25, 0.3) is 0 Å². The van der Waals surface area contributed by atoms with Gasteiger partial charge in [0, 0.05) is 5.75 Å². The fourth-order valence-electron chi connectivity index (χ4n) is 3.50. The fourth-order valence-corrected chi connectivity index (χ4v) is 4.66. The summed E-state index contributed by atoms with van der Waals surface area (Å²) in [6.07, 6.45) is 3.52. The smallest absolute Gasteiger partial charge is 0.327 e. The molecule has 4 atom stereocenters. The molecule has 100 valence electrons. The third kappa shape index (κ3) is 1.91. The summed E-state index contributed by atoms with van der Waals surface area (Å²) in [7, 11) is 0. The van der Waals surface area contributed by atoms with Gasteiger partial charge in [-0.25, -0.2) is 4.79 Å². The minimum atomic E-state index is -0.880. The average molecular weight is 270 g/mol. The molecule has 4 unspecified atom stereocenters. The Hall–Kier alpha value is -0.750. The van der Waals surface area contributed by atoms with Gasteiger partial charge in [0.1, 0.15) is 6.04 Å². The molecule has 0 bridgehead atoms. The van der Waals surface area contributed by atoms with Crippen LogP contribution in [0, 0.1) is 11.8 Å². The first kappa shape index (κ1) is 12.3. The van der Waals surface area contributed by atoms with Gasteiger partial charge in [-0.2, -0.15) is 0 Å². The van der Waals surface area contributed by atoms with Crippen molar-refractivity contribution in [2.45, 2.75) is 31.3 Å². The molecule has 2 N–H and O–H groups in total. The highest BCUT2D eigenvalue weighted by molar-refractivity contribution is 7.99. The van der Waals surface area contributed by atoms with Gasteiger partial charge >= 0.3 is 5.97 Å². The van der Waals surface area contributed by atoms with Crippen molar-refractivity contribution in [3.8, 4) is 0 Å². The Morgan fingerprint density at radius 1 is 1.33 bits per heavy atom. The van der Waals surface area contributed by atoms with E-state index in [1.807, 2.05) is 0 Å². The molecule has 0 radical (unpaired) electrons. The number of carbonyl (C=O) groups excluding carboxylic acids is 1. The second kappa shape index (κ2) is 4.74. The molecule has 3 fully saturated rings. The first-order valence-electron chi connectivity index (χ1n) is 6.53. The second-order valence-electron chi connectivity index (χ2n) is 5.40. The minimum Gasteiger partial charge on any atom is -0.480 e. The van der Waals surface area contributed by atoms with Crippen molar-refractivity contribution in [2.75, 3.05) is 18.2 Å². The summed E-state index contributed by atoms with van der Waals surface area (Å²) in [5, 5.41) is 12.4. The molecule has 1 saturated carbocycles. The summed E-state index contributed by atoms with van der Waals surface area (Å²) in [5.74, 6) is 1.21. The van der Waals surface area contributed by atoms with E-state index >= 15 is 0 Å². The number of aliphatic carboxylic acids is 1. The van der Waals surface area contributed by atoms with E-state index < -0.39 is 12.0 Å². The standard InChI is InChI=1S/C12H18N2O3S/c15-11(14-6-18-5-9(14)12(16)17)10-8-3-1-2-7(8)4-13-10/h7-10,13H,1-6H2,(H,16,17).